The normalized spacial score (nSPS) is 22.7. The molecule has 0 aliphatic carbocycles. The Morgan fingerprint density at radius 2 is 1.88 bits per heavy atom. The van der Waals surface area contributed by atoms with Gasteiger partial charge in [-0.2, -0.15) is 0 Å². The van der Waals surface area contributed by atoms with Gasteiger partial charge in [-0.3, -0.25) is 9.89 Å². The van der Waals surface area contributed by atoms with Gasteiger partial charge in [0.1, 0.15) is 0 Å². The van der Waals surface area contributed by atoms with E-state index in [1.54, 1.807) is 0 Å². The van der Waals surface area contributed by atoms with Crippen LogP contribution in [0.1, 0.15) is 37.7 Å². The molecule has 5 heteroatoms. The Kier molecular flexibility index (Phi) is 5.97. The lowest BCUT2D eigenvalue weighted by Gasteiger charge is -2.49. The van der Waals surface area contributed by atoms with Crippen LogP contribution >= 0.6 is 0 Å². The minimum atomic E-state index is 0.186. The van der Waals surface area contributed by atoms with Gasteiger partial charge in [0.15, 0.2) is 5.96 Å². The first-order valence-electron chi connectivity index (χ1n) is 9.65. The van der Waals surface area contributed by atoms with E-state index in [0.29, 0.717) is 5.96 Å². The number of piperidine rings is 2. The van der Waals surface area contributed by atoms with Crippen LogP contribution in [0.2, 0.25) is 0 Å². The molecule has 1 aromatic carbocycles. The Labute approximate surface area is 152 Å². The minimum absolute atomic E-state index is 0.186. The van der Waals surface area contributed by atoms with Crippen LogP contribution in [0, 0.1) is 6.92 Å². The monoisotopic (exact) mass is 343 g/mol. The van der Waals surface area contributed by atoms with E-state index in [-0.39, 0.29) is 5.54 Å². The molecular formula is C20H33N5. The molecule has 0 bridgehead atoms. The van der Waals surface area contributed by atoms with Gasteiger partial charge in [-0.25, -0.2) is 0 Å². The van der Waals surface area contributed by atoms with Crippen molar-refractivity contribution < 1.29 is 0 Å². The maximum absolute atomic E-state index is 6.20. The second-order valence-electron chi connectivity index (χ2n) is 7.77. The van der Waals surface area contributed by atoms with Gasteiger partial charge in [-0.05, 0) is 83.5 Å². The van der Waals surface area contributed by atoms with Crippen molar-refractivity contribution in [2.24, 2.45) is 10.7 Å². The van der Waals surface area contributed by atoms with E-state index < -0.39 is 0 Å². The number of anilines is 1. The third kappa shape index (κ3) is 4.73. The Morgan fingerprint density at radius 1 is 1.16 bits per heavy atom. The second-order valence-corrected chi connectivity index (χ2v) is 7.77. The zero-order valence-electron chi connectivity index (χ0n) is 15.8. The van der Waals surface area contributed by atoms with Crippen molar-refractivity contribution in [1.82, 2.24) is 9.80 Å². The van der Waals surface area contributed by atoms with Crippen LogP contribution in [0.15, 0.2) is 29.3 Å². The Hall–Kier alpha value is -1.59. The van der Waals surface area contributed by atoms with Gasteiger partial charge in [0.2, 0.25) is 0 Å². The molecule has 0 radical (unpaired) electrons. The molecule has 25 heavy (non-hydrogen) atoms. The van der Waals surface area contributed by atoms with E-state index in [1.165, 1.54) is 50.8 Å². The van der Waals surface area contributed by atoms with E-state index in [4.69, 9.17) is 10.7 Å². The largest absolute Gasteiger partial charge is 0.370 e. The van der Waals surface area contributed by atoms with Crippen molar-refractivity contribution in [3.05, 3.63) is 29.8 Å². The number of hydrogen-bond donors (Lipinski definition) is 2. The van der Waals surface area contributed by atoms with Gasteiger partial charge in [-0.1, -0.05) is 18.6 Å². The lowest BCUT2D eigenvalue weighted by Crippen LogP contribution is -2.58. The summed E-state index contributed by atoms with van der Waals surface area (Å²) in [6.45, 7) is 7.61. The van der Waals surface area contributed by atoms with Gasteiger partial charge in [0.05, 0.1) is 6.54 Å². The van der Waals surface area contributed by atoms with Crippen molar-refractivity contribution in [1.29, 1.82) is 0 Å². The molecule has 2 aliphatic rings. The first-order chi connectivity index (χ1) is 12.1. The van der Waals surface area contributed by atoms with Gasteiger partial charge in [0, 0.05) is 11.2 Å². The number of likely N-dealkylation sites (tertiary alicyclic amines) is 2. The van der Waals surface area contributed by atoms with Crippen LogP contribution in [0.25, 0.3) is 0 Å². The summed E-state index contributed by atoms with van der Waals surface area (Å²) < 4.78 is 0. The SMILES string of the molecule is Cc1cccc(NC(N)=NCC2(N3CCCCC3)CCN(C)CC2)c1. The van der Waals surface area contributed by atoms with E-state index in [2.05, 4.69) is 41.2 Å². The molecule has 0 amide bonds. The Bertz CT molecular complexity index is 584. The predicted octanol–water partition coefficient (Wildman–Crippen LogP) is 2.67. The molecule has 3 N–H and O–H groups in total. The summed E-state index contributed by atoms with van der Waals surface area (Å²) in [6, 6.07) is 8.25. The molecule has 2 fully saturated rings. The van der Waals surface area contributed by atoms with Crippen LogP contribution in [0.5, 0.6) is 0 Å². The maximum atomic E-state index is 6.20. The van der Waals surface area contributed by atoms with Crippen molar-refractivity contribution in [2.75, 3.05) is 45.1 Å². The van der Waals surface area contributed by atoms with Crippen LogP contribution < -0.4 is 11.1 Å². The molecule has 5 nitrogen and oxygen atoms in total. The molecule has 2 saturated heterocycles. The fraction of sp³-hybridized carbons (Fsp3) is 0.650. The van der Waals surface area contributed by atoms with E-state index in [1.807, 2.05) is 12.1 Å². The molecule has 0 atom stereocenters. The molecule has 0 unspecified atom stereocenters. The molecular weight excluding hydrogens is 310 g/mol. The lowest BCUT2D eigenvalue weighted by molar-refractivity contribution is 0.0209. The van der Waals surface area contributed by atoms with E-state index in [0.717, 1.165) is 25.3 Å². The predicted molar refractivity (Wildman–Crippen MR) is 106 cm³/mol. The summed E-state index contributed by atoms with van der Waals surface area (Å²) in [6.07, 6.45) is 6.37. The molecule has 0 aromatic heterocycles. The summed E-state index contributed by atoms with van der Waals surface area (Å²) >= 11 is 0. The van der Waals surface area contributed by atoms with Gasteiger partial charge < -0.3 is 16.0 Å². The summed E-state index contributed by atoms with van der Waals surface area (Å²) in [4.78, 5) is 9.90. The number of nitrogens with two attached hydrogens (primary N) is 1. The van der Waals surface area contributed by atoms with Gasteiger partial charge in [-0.15, -0.1) is 0 Å². The lowest BCUT2D eigenvalue weighted by atomic mass is 9.84. The highest BCUT2D eigenvalue weighted by molar-refractivity contribution is 5.92. The van der Waals surface area contributed by atoms with Crippen molar-refractivity contribution in [3.8, 4) is 0 Å². The van der Waals surface area contributed by atoms with Crippen LogP contribution in [-0.4, -0.2) is 61.1 Å². The highest BCUT2D eigenvalue weighted by atomic mass is 15.3. The average molecular weight is 344 g/mol. The number of nitrogens with one attached hydrogen (secondary N) is 1. The molecule has 0 saturated carbocycles. The summed E-state index contributed by atoms with van der Waals surface area (Å²) in [5.41, 5.74) is 8.62. The molecule has 3 rings (SSSR count). The summed E-state index contributed by atoms with van der Waals surface area (Å²) in [5.74, 6) is 0.529. The van der Waals surface area contributed by atoms with Crippen molar-refractivity contribution >= 4 is 11.6 Å². The molecule has 0 spiro atoms. The summed E-state index contributed by atoms with van der Waals surface area (Å²) in [7, 11) is 2.22. The van der Waals surface area contributed by atoms with Crippen molar-refractivity contribution in [2.45, 2.75) is 44.6 Å². The molecule has 138 valence electrons. The quantitative estimate of drug-likeness (QED) is 0.652. The number of rotatable bonds is 4. The number of nitrogens with zero attached hydrogens (tertiary/aromatic N) is 3. The van der Waals surface area contributed by atoms with Gasteiger partial charge >= 0.3 is 0 Å². The molecule has 1 aromatic rings. The standard InChI is InChI=1S/C20H33N5/c1-17-7-6-8-18(15-17)23-19(21)22-16-20(9-13-24(2)14-10-20)25-11-4-3-5-12-25/h6-8,15H,3-5,9-14,16H2,1-2H3,(H3,21,22,23). The Morgan fingerprint density at radius 3 is 2.56 bits per heavy atom. The Balaban J connectivity index is 1.68. The highest BCUT2D eigenvalue weighted by Gasteiger charge is 2.39. The minimum Gasteiger partial charge on any atom is -0.370 e. The third-order valence-corrected chi connectivity index (χ3v) is 5.78. The summed E-state index contributed by atoms with van der Waals surface area (Å²) in [5, 5.41) is 3.25. The highest BCUT2D eigenvalue weighted by Crippen LogP contribution is 2.31. The first-order valence-corrected chi connectivity index (χ1v) is 9.65. The number of aryl methyl sites for hydroxylation is 1. The smallest absolute Gasteiger partial charge is 0.193 e. The van der Waals surface area contributed by atoms with Crippen molar-refractivity contribution in [3.63, 3.8) is 0 Å². The molecule has 2 aliphatic heterocycles. The zero-order chi connectivity index (χ0) is 17.7. The van der Waals surface area contributed by atoms with E-state index in [9.17, 15) is 0 Å². The topological polar surface area (TPSA) is 56.9 Å². The number of guanidine groups is 1. The second kappa shape index (κ2) is 8.19. The van der Waals surface area contributed by atoms with E-state index >= 15 is 0 Å². The number of hydrogen-bond acceptors (Lipinski definition) is 3. The zero-order valence-corrected chi connectivity index (χ0v) is 15.8. The maximum Gasteiger partial charge on any atom is 0.193 e. The van der Waals surface area contributed by atoms with Crippen LogP contribution in [-0.2, 0) is 0 Å². The molecule has 2 heterocycles. The number of benzene rings is 1. The van der Waals surface area contributed by atoms with Gasteiger partial charge in [0.25, 0.3) is 0 Å². The van der Waals surface area contributed by atoms with Crippen LogP contribution in [0.3, 0.4) is 0 Å². The first kappa shape index (κ1) is 18.2. The van der Waals surface area contributed by atoms with Crippen LogP contribution in [0.4, 0.5) is 5.69 Å². The fourth-order valence-corrected chi connectivity index (χ4v) is 4.12. The third-order valence-electron chi connectivity index (χ3n) is 5.78. The number of aliphatic imine (C=N–C) groups is 1. The fourth-order valence-electron chi connectivity index (χ4n) is 4.12. The average Bonchev–Trinajstić information content (AvgIpc) is 2.62.